The molecule has 0 fully saturated rings. The SMILES string of the molecule is CC1(C)c2cc([Si](C)(C)C)ccc2N(c2ccc3ccccc3c2)c2ccc3cc(C=C4C(=O)c5cc6ccccc6cc5C4=O)ccc3c21. The second kappa shape index (κ2) is 10.7. The Balaban J connectivity index is 1.21. The summed E-state index contributed by atoms with van der Waals surface area (Å²) < 4.78 is 0. The van der Waals surface area contributed by atoms with Gasteiger partial charge < -0.3 is 4.90 Å². The predicted octanol–water partition coefficient (Wildman–Crippen LogP) is 11.3. The van der Waals surface area contributed by atoms with Gasteiger partial charge in [-0.15, -0.1) is 0 Å². The molecule has 0 N–H and O–H groups in total. The zero-order chi connectivity index (χ0) is 34.5. The molecule has 1 heterocycles. The van der Waals surface area contributed by atoms with Gasteiger partial charge in [0.05, 0.1) is 25.0 Å². The molecular formula is C46H37NO2Si. The Labute approximate surface area is 293 Å². The van der Waals surface area contributed by atoms with Crippen LogP contribution in [0.5, 0.6) is 0 Å². The number of allylic oxidation sites excluding steroid dienone is 1. The molecule has 0 atom stereocenters. The summed E-state index contributed by atoms with van der Waals surface area (Å²) in [4.78, 5) is 29.6. The summed E-state index contributed by atoms with van der Waals surface area (Å²) in [5, 5.41) is 8.05. The van der Waals surface area contributed by atoms with Crippen molar-refractivity contribution in [3.05, 3.63) is 161 Å². The maximum Gasteiger partial charge on any atom is 0.197 e. The van der Waals surface area contributed by atoms with Gasteiger partial charge in [0.15, 0.2) is 11.6 Å². The first-order valence-corrected chi connectivity index (χ1v) is 20.8. The van der Waals surface area contributed by atoms with E-state index in [0.717, 1.165) is 27.4 Å². The van der Waals surface area contributed by atoms with Crippen molar-refractivity contribution in [2.75, 3.05) is 4.90 Å². The minimum absolute atomic E-state index is 0.205. The number of ketones is 2. The van der Waals surface area contributed by atoms with Gasteiger partial charge in [-0.3, -0.25) is 9.59 Å². The van der Waals surface area contributed by atoms with Gasteiger partial charge in [0, 0.05) is 22.2 Å². The largest absolute Gasteiger partial charge is 0.310 e. The average Bonchev–Trinajstić information content (AvgIpc) is 3.33. The summed E-state index contributed by atoms with van der Waals surface area (Å²) in [6.45, 7) is 11.9. The number of benzene rings is 7. The third-order valence-corrected chi connectivity index (χ3v) is 12.9. The predicted molar refractivity (Wildman–Crippen MR) is 212 cm³/mol. The fourth-order valence-electron chi connectivity index (χ4n) is 8.13. The van der Waals surface area contributed by atoms with Crippen LogP contribution in [0.2, 0.25) is 19.6 Å². The summed E-state index contributed by atoms with van der Waals surface area (Å²) in [6, 6.07) is 44.8. The van der Waals surface area contributed by atoms with Crippen molar-refractivity contribution in [2.24, 2.45) is 0 Å². The number of fused-ring (bicyclic) bond motifs is 7. The number of hydrogen-bond acceptors (Lipinski definition) is 3. The average molecular weight is 664 g/mol. The van der Waals surface area contributed by atoms with E-state index in [9.17, 15) is 9.59 Å². The topological polar surface area (TPSA) is 37.4 Å². The Morgan fingerprint density at radius 1 is 0.580 bits per heavy atom. The number of carbonyl (C=O) groups is 2. The normalized spacial score (nSPS) is 15.1. The fraction of sp³-hybridized carbons (Fsp3) is 0.130. The molecule has 0 radical (unpaired) electrons. The molecule has 242 valence electrons. The highest BCUT2D eigenvalue weighted by molar-refractivity contribution is 6.88. The van der Waals surface area contributed by atoms with Crippen LogP contribution in [-0.2, 0) is 5.41 Å². The van der Waals surface area contributed by atoms with Crippen LogP contribution in [0.15, 0.2) is 133 Å². The van der Waals surface area contributed by atoms with Crippen molar-refractivity contribution in [1.82, 2.24) is 0 Å². The summed E-state index contributed by atoms with van der Waals surface area (Å²) in [5.74, 6) is -0.411. The number of hydrogen-bond donors (Lipinski definition) is 0. The lowest BCUT2D eigenvalue weighted by molar-refractivity contribution is 0.0990. The van der Waals surface area contributed by atoms with E-state index in [1.807, 2.05) is 36.4 Å². The maximum atomic E-state index is 13.6. The van der Waals surface area contributed by atoms with Gasteiger partial charge in [0.2, 0.25) is 0 Å². The zero-order valence-electron chi connectivity index (χ0n) is 29.0. The first kappa shape index (κ1) is 30.5. The zero-order valence-corrected chi connectivity index (χ0v) is 30.0. The van der Waals surface area contributed by atoms with E-state index < -0.39 is 8.07 Å². The molecule has 9 rings (SSSR count). The fourth-order valence-corrected chi connectivity index (χ4v) is 9.29. The molecule has 4 heteroatoms. The van der Waals surface area contributed by atoms with Gasteiger partial charge in [-0.25, -0.2) is 0 Å². The standard InChI is InChI=1S/C46H37NO2Si/c1-46(2)40-27-35(50(3,4)5)18-21-41(40)47(34-17-15-29-10-6-7-11-30(29)24-34)42-20-16-33-22-28(14-19-36(33)43(42)46)23-39-44(48)37-25-31-12-8-9-13-32(31)26-38(37)45(39)49/h6-27H,1-5H3. The Bertz CT molecular complexity index is 2600. The molecule has 0 unspecified atom stereocenters. The molecule has 0 aromatic heterocycles. The van der Waals surface area contributed by atoms with Gasteiger partial charge in [-0.2, -0.15) is 0 Å². The van der Waals surface area contributed by atoms with Crippen molar-refractivity contribution in [3.63, 3.8) is 0 Å². The highest BCUT2D eigenvalue weighted by Gasteiger charge is 2.39. The summed E-state index contributed by atoms with van der Waals surface area (Å²) >= 11 is 0. The van der Waals surface area contributed by atoms with Crippen LogP contribution in [0.1, 0.15) is 51.3 Å². The number of nitrogens with zero attached hydrogens (tertiary/aromatic N) is 1. The molecule has 7 aromatic carbocycles. The van der Waals surface area contributed by atoms with E-state index in [1.165, 1.54) is 43.8 Å². The third kappa shape index (κ3) is 4.55. The quantitative estimate of drug-likeness (QED) is 0.107. The second-order valence-corrected chi connectivity index (χ2v) is 20.5. The molecule has 0 bridgehead atoms. The number of Topliss-reactive ketones (excluding diaryl/α,β-unsaturated/α-hetero) is 2. The van der Waals surface area contributed by atoms with Crippen molar-refractivity contribution >= 4 is 80.3 Å². The summed E-state index contributed by atoms with van der Waals surface area (Å²) in [7, 11) is -1.59. The van der Waals surface area contributed by atoms with Crippen LogP contribution in [0.4, 0.5) is 17.1 Å². The first-order valence-electron chi connectivity index (χ1n) is 17.3. The van der Waals surface area contributed by atoms with Crippen LogP contribution in [0.3, 0.4) is 0 Å². The molecule has 0 saturated heterocycles. The molecular weight excluding hydrogens is 627 g/mol. The molecule has 1 aliphatic heterocycles. The minimum atomic E-state index is -1.59. The van der Waals surface area contributed by atoms with Crippen LogP contribution >= 0.6 is 0 Å². The Morgan fingerprint density at radius 3 is 1.84 bits per heavy atom. The first-order chi connectivity index (χ1) is 24.0. The molecule has 0 amide bonds. The molecule has 0 spiro atoms. The lowest BCUT2D eigenvalue weighted by Crippen LogP contribution is -2.40. The summed E-state index contributed by atoms with van der Waals surface area (Å²) in [5.41, 5.74) is 7.87. The van der Waals surface area contributed by atoms with E-state index in [2.05, 4.69) is 129 Å². The molecule has 1 aliphatic carbocycles. The van der Waals surface area contributed by atoms with Gasteiger partial charge in [-0.1, -0.05) is 124 Å². The third-order valence-electron chi connectivity index (χ3n) is 10.8. The van der Waals surface area contributed by atoms with Gasteiger partial charge >= 0.3 is 0 Å². The lowest BCUT2D eigenvalue weighted by Gasteiger charge is -2.43. The van der Waals surface area contributed by atoms with Crippen molar-refractivity contribution in [3.8, 4) is 0 Å². The molecule has 7 aromatic rings. The van der Waals surface area contributed by atoms with Crippen molar-refractivity contribution in [1.29, 1.82) is 0 Å². The second-order valence-electron chi connectivity index (χ2n) is 15.4. The highest BCUT2D eigenvalue weighted by atomic mass is 28.3. The van der Waals surface area contributed by atoms with E-state index in [0.29, 0.717) is 11.1 Å². The lowest BCUT2D eigenvalue weighted by atomic mass is 9.71. The smallest absolute Gasteiger partial charge is 0.197 e. The molecule has 50 heavy (non-hydrogen) atoms. The number of rotatable bonds is 3. The molecule has 0 saturated carbocycles. The number of carbonyl (C=O) groups excluding carboxylic acids is 2. The Hall–Kier alpha value is -5.58. The number of anilines is 3. The van der Waals surface area contributed by atoms with Crippen LogP contribution < -0.4 is 10.1 Å². The van der Waals surface area contributed by atoms with Gasteiger partial charge in [0.25, 0.3) is 0 Å². The minimum Gasteiger partial charge on any atom is -0.310 e. The van der Waals surface area contributed by atoms with Crippen molar-refractivity contribution < 1.29 is 9.59 Å². The molecule has 2 aliphatic rings. The van der Waals surface area contributed by atoms with E-state index in [-0.39, 0.29) is 22.6 Å². The van der Waals surface area contributed by atoms with Crippen molar-refractivity contribution in [2.45, 2.75) is 38.9 Å². The Morgan fingerprint density at radius 2 is 1.18 bits per heavy atom. The van der Waals surface area contributed by atoms with Crippen LogP contribution in [-0.4, -0.2) is 19.6 Å². The van der Waals surface area contributed by atoms with Crippen LogP contribution in [0, 0.1) is 0 Å². The van der Waals surface area contributed by atoms with E-state index >= 15 is 0 Å². The highest BCUT2D eigenvalue weighted by Crippen LogP contribution is 2.54. The molecule has 3 nitrogen and oxygen atoms in total. The monoisotopic (exact) mass is 663 g/mol. The van der Waals surface area contributed by atoms with Gasteiger partial charge in [0.1, 0.15) is 0 Å². The Kier molecular flexibility index (Phi) is 6.53. The van der Waals surface area contributed by atoms with E-state index in [1.54, 1.807) is 6.08 Å². The maximum absolute atomic E-state index is 13.6. The van der Waals surface area contributed by atoms with Gasteiger partial charge in [-0.05, 0) is 97.5 Å². The summed E-state index contributed by atoms with van der Waals surface area (Å²) in [6.07, 6.45) is 1.77. The van der Waals surface area contributed by atoms with Crippen LogP contribution in [0.25, 0.3) is 38.4 Å². The van der Waals surface area contributed by atoms with E-state index in [4.69, 9.17) is 0 Å².